The molecule has 2 N–H and O–H groups in total. The van der Waals surface area contributed by atoms with Gasteiger partial charge in [-0.05, 0) is 13.0 Å². The Morgan fingerprint density at radius 2 is 2.10 bits per heavy atom. The molecule has 0 aliphatic heterocycles. The molecule has 7 heteroatoms. The number of aliphatic hydroxyl groups is 1. The number of hydrogen-bond acceptors (Lipinski definition) is 3. The van der Waals surface area contributed by atoms with Crippen molar-refractivity contribution < 1.29 is 27.8 Å². The third kappa shape index (κ3) is 4.73. The van der Waals surface area contributed by atoms with Gasteiger partial charge in [-0.15, -0.1) is 0 Å². The highest BCUT2D eigenvalue weighted by atomic mass is 19.4. The van der Waals surface area contributed by atoms with Crippen molar-refractivity contribution in [2.75, 3.05) is 13.7 Å². The van der Waals surface area contributed by atoms with Gasteiger partial charge in [0.2, 0.25) is 5.91 Å². The van der Waals surface area contributed by atoms with E-state index in [1.807, 2.05) is 12.2 Å². The predicted octanol–water partition coefficient (Wildman–Crippen LogP) is 1.59. The Balaban J connectivity index is 2.61. The average Bonchev–Trinajstić information content (AvgIpc) is 2.35. The molecule has 1 atom stereocenters. The third-order valence-corrected chi connectivity index (χ3v) is 2.66. The number of hydrogen-bond donors (Lipinski definition) is 2. The summed E-state index contributed by atoms with van der Waals surface area (Å²) < 4.78 is 41.3. The molecule has 112 valence electrons. The standard InChI is InChI=1S/C13H16F3NO3/c1-8-3-4-10(20-2)9(5-8)6-12(19)17-7-11(18)13(14,15)16/h3-5,11,18H,6-7H2,1-2H3,(H,17,19). The van der Waals surface area contributed by atoms with Crippen molar-refractivity contribution in [3.63, 3.8) is 0 Å². The first-order valence-electron chi connectivity index (χ1n) is 5.89. The van der Waals surface area contributed by atoms with Crippen LogP contribution in [0.2, 0.25) is 0 Å². The molecule has 1 unspecified atom stereocenters. The molecule has 1 aromatic carbocycles. The van der Waals surface area contributed by atoms with Crippen LogP contribution in [0, 0.1) is 6.92 Å². The molecular weight excluding hydrogens is 275 g/mol. The van der Waals surface area contributed by atoms with E-state index in [4.69, 9.17) is 9.84 Å². The Morgan fingerprint density at radius 3 is 2.65 bits per heavy atom. The van der Waals surface area contributed by atoms with Crippen molar-refractivity contribution in [1.29, 1.82) is 0 Å². The number of benzene rings is 1. The second-order valence-electron chi connectivity index (χ2n) is 4.35. The highest BCUT2D eigenvalue weighted by Crippen LogP contribution is 2.21. The van der Waals surface area contributed by atoms with Crippen LogP contribution in [0.5, 0.6) is 5.75 Å². The molecule has 20 heavy (non-hydrogen) atoms. The minimum atomic E-state index is -4.74. The monoisotopic (exact) mass is 291 g/mol. The molecule has 0 aliphatic rings. The lowest BCUT2D eigenvalue weighted by Gasteiger charge is -2.15. The summed E-state index contributed by atoms with van der Waals surface area (Å²) in [5.74, 6) is -0.126. The molecule has 0 bridgehead atoms. The minimum absolute atomic E-state index is 0.116. The van der Waals surface area contributed by atoms with Gasteiger partial charge in [-0.25, -0.2) is 0 Å². The molecular formula is C13H16F3NO3. The SMILES string of the molecule is COc1ccc(C)cc1CC(=O)NCC(O)C(F)(F)F. The van der Waals surface area contributed by atoms with Crippen molar-refractivity contribution in [1.82, 2.24) is 5.32 Å². The maximum atomic E-state index is 12.1. The number of amides is 1. The van der Waals surface area contributed by atoms with Crippen LogP contribution in [0.15, 0.2) is 18.2 Å². The molecule has 0 saturated heterocycles. The minimum Gasteiger partial charge on any atom is -0.496 e. The molecule has 0 radical (unpaired) electrons. The van der Waals surface area contributed by atoms with Gasteiger partial charge >= 0.3 is 6.18 Å². The van der Waals surface area contributed by atoms with Crippen LogP contribution in [0.25, 0.3) is 0 Å². The number of aryl methyl sites for hydroxylation is 1. The number of ether oxygens (including phenoxy) is 1. The van der Waals surface area contributed by atoms with E-state index in [1.165, 1.54) is 7.11 Å². The van der Waals surface area contributed by atoms with Crippen LogP contribution in [-0.2, 0) is 11.2 Å². The van der Waals surface area contributed by atoms with Gasteiger partial charge in [-0.2, -0.15) is 13.2 Å². The summed E-state index contributed by atoms with van der Waals surface area (Å²) in [6, 6.07) is 5.20. The van der Waals surface area contributed by atoms with Gasteiger partial charge in [0.1, 0.15) is 5.75 Å². The molecule has 0 aliphatic carbocycles. The van der Waals surface area contributed by atoms with Gasteiger partial charge in [0, 0.05) is 5.56 Å². The Kier molecular flexibility index (Phi) is 5.38. The van der Waals surface area contributed by atoms with Crippen molar-refractivity contribution in [2.24, 2.45) is 0 Å². The number of methoxy groups -OCH3 is 1. The van der Waals surface area contributed by atoms with Crippen molar-refractivity contribution in [2.45, 2.75) is 25.6 Å². The molecule has 0 fully saturated rings. The van der Waals surface area contributed by atoms with Crippen LogP contribution in [0.1, 0.15) is 11.1 Å². The maximum Gasteiger partial charge on any atom is 0.416 e. The quantitative estimate of drug-likeness (QED) is 0.866. The summed E-state index contributed by atoms with van der Waals surface area (Å²) in [5.41, 5.74) is 1.48. The van der Waals surface area contributed by atoms with E-state index in [0.717, 1.165) is 5.56 Å². The van der Waals surface area contributed by atoms with Gasteiger partial charge in [0.15, 0.2) is 6.10 Å². The topological polar surface area (TPSA) is 58.6 Å². The second kappa shape index (κ2) is 6.60. The number of halogens is 3. The molecule has 4 nitrogen and oxygen atoms in total. The first kappa shape index (κ1) is 16.3. The molecule has 0 heterocycles. The summed E-state index contributed by atoms with van der Waals surface area (Å²) in [7, 11) is 1.44. The first-order valence-corrected chi connectivity index (χ1v) is 5.89. The molecule has 1 rings (SSSR count). The lowest BCUT2D eigenvalue weighted by Crippen LogP contribution is -2.41. The predicted molar refractivity (Wildman–Crippen MR) is 66.5 cm³/mol. The number of alkyl halides is 3. The Hall–Kier alpha value is -1.76. The number of aliphatic hydroxyl groups excluding tert-OH is 1. The second-order valence-corrected chi connectivity index (χ2v) is 4.35. The Labute approximate surface area is 114 Å². The zero-order valence-electron chi connectivity index (χ0n) is 11.1. The van der Waals surface area contributed by atoms with Gasteiger partial charge in [-0.3, -0.25) is 4.79 Å². The average molecular weight is 291 g/mol. The van der Waals surface area contributed by atoms with Crippen LogP contribution >= 0.6 is 0 Å². The van der Waals surface area contributed by atoms with Crippen LogP contribution in [0.4, 0.5) is 13.2 Å². The van der Waals surface area contributed by atoms with Gasteiger partial charge in [0.25, 0.3) is 0 Å². The summed E-state index contributed by atoms with van der Waals surface area (Å²) in [5, 5.41) is 10.8. The van der Waals surface area contributed by atoms with E-state index >= 15 is 0 Å². The number of nitrogens with one attached hydrogen (secondary N) is 1. The van der Waals surface area contributed by atoms with Crippen molar-refractivity contribution in [3.05, 3.63) is 29.3 Å². The Bertz CT molecular complexity index is 474. The molecule has 1 aromatic rings. The summed E-state index contributed by atoms with van der Waals surface area (Å²) in [4.78, 5) is 11.6. The molecule has 0 aromatic heterocycles. The zero-order chi connectivity index (χ0) is 15.3. The van der Waals surface area contributed by atoms with Gasteiger partial charge < -0.3 is 15.2 Å². The highest BCUT2D eigenvalue weighted by molar-refractivity contribution is 5.79. The van der Waals surface area contributed by atoms with Crippen LogP contribution in [0.3, 0.4) is 0 Å². The molecule has 1 amide bonds. The first-order chi connectivity index (χ1) is 9.24. The fourth-order valence-corrected chi connectivity index (χ4v) is 1.61. The number of carbonyl (C=O) groups excluding carboxylic acids is 1. The molecule has 0 saturated carbocycles. The molecule has 0 spiro atoms. The zero-order valence-corrected chi connectivity index (χ0v) is 11.1. The van der Waals surface area contributed by atoms with E-state index in [-0.39, 0.29) is 6.42 Å². The van der Waals surface area contributed by atoms with E-state index < -0.39 is 24.7 Å². The Morgan fingerprint density at radius 1 is 1.45 bits per heavy atom. The lowest BCUT2D eigenvalue weighted by molar-refractivity contribution is -0.201. The third-order valence-electron chi connectivity index (χ3n) is 2.66. The normalized spacial score (nSPS) is 12.9. The summed E-state index contributed by atoms with van der Waals surface area (Å²) in [6.07, 6.45) is -7.42. The van der Waals surface area contributed by atoms with E-state index in [9.17, 15) is 18.0 Å². The van der Waals surface area contributed by atoms with Gasteiger partial charge in [0.05, 0.1) is 20.1 Å². The van der Waals surface area contributed by atoms with E-state index in [1.54, 1.807) is 18.2 Å². The van der Waals surface area contributed by atoms with E-state index in [0.29, 0.717) is 11.3 Å². The van der Waals surface area contributed by atoms with Crippen LogP contribution < -0.4 is 10.1 Å². The summed E-state index contributed by atoms with van der Waals surface area (Å²) in [6.45, 7) is 0.963. The number of rotatable bonds is 5. The van der Waals surface area contributed by atoms with Gasteiger partial charge in [-0.1, -0.05) is 17.7 Å². The number of carbonyl (C=O) groups is 1. The largest absolute Gasteiger partial charge is 0.496 e. The lowest BCUT2D eigenvalue weighted by atomic mass is 10.1. The smallest absolute Gasteiger partial charge is 0.416 e. The van der Waals surface area contributed by atoms with Crippen molar-refractivity contribution in [3.8, 4) is 5.75 Å². The fourth-order valence-electron chi connectivity index (χ4n) is 1.61. The fraction of sp³-hybridized carbons (Fsp3) is 0.462. The van der Waals surface area contributed by atoms with Crippen LogP contribution in [-0.4, -0.2) is 36.9 Å². The highest BCUT2D eigenvalue weighted by Gasteiger charge is 2.38. The van der Waals surface area contributed by atoms with E-state index in [2.05, 4.69) is 0 Å². The summed E-state index contributed by atoms with van der Waals surface area (Å²) >= 11 is 0. The van der Waals surface area contributed by atoms with Crippen molar-refractivity contribution >= 4 is 5.91 Å². The maximum absolute atomic E-state index is 12.1.